The molecule has 1 fully saturated rings. The van der Waals surface area contributed by atoms with Crippen molar-refractivity contribution in [3.8, 4) is 0 Å². The van der Waals surface area contributed by atoms with Crippen LogP contribution in [0.1, 0.15) is 37.8 Å². The van der Waals surface area contributed by atoms with Gasteiger partial charge in [0.25, 0.3) is 0 Å². The van der Waals surface area contributed by atoms with Crippen LogP contribution in [-0.2, 0) is 4.74 Å². The molecule has 0 aliphatic carbocycles. The van der Waals surface area contributed by atoms with Crippen molar-refractivity contribution in [1.29, 1.82) is 0 Å². The van der Waals surface area contributed by atoms with Gasteiger partial charge in [0.2, 0.25) is 0 Å². The number of halogens is 3. The molecule has 0 spiro atoms. The molecule has 0 bridgehead atoms. The predicted octanol–water partition coefficient (Wildman–Crippen LogP) is 4.09. The summed E-state index contributed by atoms with van der Waals surface area (Å²) in [5.41, 5.74) is 0.343. The molecule has 0 amide bonds. The Kier molecular flexibility index (Phi) is 5.75. The van der Waals surface area contributed by atoms with E-state index in [0.29, 0.717) is 12.2 Å². The van der Waals surface area contributed by atoms with Crippen LogP contribution in [0.4, 0.5) is 8.78 Å². The zero-order chi connectivity index (χ0) is 14.5. The molecule has 2 atom stereocenters. The van der Waals surface area contributed by atoms with Crippen molar-refractivity contribution in [1.82, 2.24) is 5.32 Å². The zero-order valence-corrected chi connectivity index (χ0v) is 12.4. The average Bonchev–Trinajstić information content (AvgIpc) is 2.45. The Balaban J connectivity index is 2.27. The van der Waals surface area contributed by atoms with Crippen molar-refractivity contribution in [3.63, 3.8) is 0 Å². The number of rotatable bonds is 5. The van der Waals surface area contributed by atoms with E-state index in [0.717, 1.165) is 38.5 Å². The summed E-state index contributed by atoms with van der Waals surface area (Å²) in [5, 5.41) is 3.13. The first-order valence-corrected chi connectivity index (χ1v) is 7.46. The summed E-state index contributed by atoms with van der Waals surface area (Å²) in [6.45, 7) is 4.12. The third-order valence-corrected chi connectivity index (χ3v) is 3.95. The first-order chi connectivity index (χ1) is 9.63. The van der Waals surface area contributed by atoms with E-state index < -0.39 is 11.6 Å². The van der Waals surface area contributed by atoms with Gasteiger partial charge in [0.15, 0.2) is 0 Å². The van der Waals surface area contributed by atoms with Crippen LogP contribution in [0.25, 0.3) is 0 Å². The molecular weight excluding hydrogens is 284 g/mol. The van der Waals surface area contributed by atoms with Gasteiger partial charge >= 0.3 is 0 Å². The Hall–Kier alpha value is -0.710. The van der Waals surface area contributed by atoms with E-state index >= 15 is 0 Å². The summed E-state index contributed by atoms with van der Waals surface area (Å²) in [6.07, 6.45) is 2.83. The Labute approximate surface area is 123 Å². The highest BCUT2D eigenvalue weighted by molar-refractivity contribution is 6.30. The third-order valence-electron chi connectivity index (χ3n) is 3.66. The van der Waals surface area contributed by atoms with E-state index in [1.54, 1.807) is 0 Å². The van der Waals surface area contributed by atoms with E-state index in [2.05, 4.69) is 5.32 Å². The monoisotopic (exact) mass is 303 g/mol. The largest absolute Gasteiger partial charge is 0.381 e. The molecule has 2 nitrogen and oxygen atoms in total. The maximum atomic E-state index is 14.1. The number of benzene rings is 1. The summed E-state index contributed by atoms with van der Waals surface area (Å²) < 4.78 is 33.3. The molecule has 1 N–H and O–H groups in total. The molecule has 1 aromatic carbocycles. The van der Waals surface area contributed by atoms with Gasteiger partial charge in [0.1, 0.15) is 11.6 Å². The molecule has 2 rings (SSSR count). The second-order valence-electron chi connectivity index (χ2n) is 5.20. The van der Waals surface area contributed by atoms with Crippen LogP contribution in [0.3, 0.4) is 0 Å². The SMILES string of the molecule is CCCNC(c1cc(F)c(Cl)cc1F)C1CCCOC1. The average molecular weight is 304 g/mol. The highest BCUT2D eigenvalue weighted by atomic mass is 35.5. The Morgan fingerprint density at radius 2 is 2.20 bits per heavy atom. The fraction of sp³-hybridized carbons (Fsp3) is 0.600. The topological polar surface area (TPSA) is 21.3 Å². The smallest absolute Gasteiger partial charge is 0.142 e. The van der Waals surface area contributed by atoms with Crippen molar-refractivity contribution in [2.75, 3.05) is 19.8 Å². The van der Waals surface area contributed by atoms with Crippen LogP contribution in [0, 0.1) is 17.6 Å². The lowest BCUT2D eigenvalue weighted by molar-refractivity contribution is 0.0384. The van der Waals surface area contributed by atoms with E-state index in [4.69, 9.17) is 16.3 Å². The van der Waals surface area contributed by atoms with Crippen molar-refractivity contribution in [3.05, 3.63) is 34.4 Å². The van der Waals surface area contributed by atoms with Crippen LogP contribution in [-0.4, -0.2) is 19.8 Å². The first kappa shape index (κ1) is 15.7. The van der Waals surface area contributed by atoms with Crippen LogP contribution >= 0.6 is 11.6 Å². The molecule has 0 radical (unpaired) electrons. The van der Waals surface area contributed by atoms with E-state index in [-0.39, 0.29) is 17.0 Å². The van der Waals surface area contributed by atoms with Crippen LogP contribution in [0.5, 0.6) is 0 Å². The fourth-order valence-corrected chi connectivity index (χ4v) is 2.79. The van der Waals surface area contributed by atoms with Gasteiger partial charge in [-0.1, -0.05) is 18.5 Å². The minimum atomic E-state index is -0.580. The molecule has 1 heterocycles. The van der Waals surface area contributed by atoms with E-state index in [1.165, 1.54) is 6.07 Å². The Morgan fingerprint density at radius 1 is 1.40 bits per heavy atom. The second kappa shape index (κ2) is 7.34. The molecule has 1 aliphatic rings. The van der Waals surface area contributed by atoms with Gasteiger partial charge in [-0.05, 0) is 37.9 Å². The van der Waals surface area contributed by atoms with Crippen LogP contribution in [0.15, 0.2) is 12.1 Å². The third kappa shape index (κ3) is 3.68. The van der Waals surface area contributed by atoms with Gasteiger partial charge < -0.3 is 10.1 Å². The maximum Gasteiger partial charge on any atom is 0.142 e. The molecule has 1 aromatic rings. The van der Waals surface area contributed by atoms with Crippen molar-refractivity contribution >= 4 is 11.6 Å². The van der Waals surface area contributed by atoms with Crippen molar-refractivity contribution in [2.24, 2.45) is 5.92 Å². The van der Waals surface area contributed by atoms with Crippen molar-refractivity contribution in [2.45, 2.75) is 32.2 Å². The summed E-state index contributed by atoms with van der Waals surface area (Å²) in [6, 6.07) is 2.03. The minimum absolute atomic E-state index is 0.158. The molecule has 1 aliphatic heterocycles. The molecular formula is C15H20ClF2NO. The minimum Gasteiger partial charge on any atom is -0.381 e. The fourth-order valence-electron chi connectivity index (χ4n) is 2.64. The van der Waals surface area contributed by atoms with Gasteiger partial charge in [0, 0.05) is 24.1 Å². The summed E-state index contributed by atoms with van der Waals surface area (Å²) in [4.78, 5) is 0. The van der Waals surface area contributed by atoms with Gasteiger partial charge in [-0.15, -0.1) is 0 Å². The van der Waals surface area contributed by atoms with Gasteiger partial charge in [-0.2, -0.15) is 0 Å². The standard InChI is InChI=1S/C15H20ClF2NO/c1-2-5-19-15(10-4-3-6-20-9-10)11-7-14(18)12(16)8-13(11)17/h7-8,10,15,19H,2-6,9H2,1H3. The molecule has 20 heavy (non-hydrogen) atoms. The lowest BCUT2D eigenvalue weighted by Gasteiger charge is -2.31. The normalized spacial score (nSPS) is 20.9. The zero-order valence-electron chi connectivity index (χ0n) is 11.6. The van der Waals surface area contributed by atoms with E-state index in [9.17, 15) is 8.78 Å². The molecule has 1 saturated heterocycles. The first-order valence-electron chi connectivity index (χ1n) is 7.09. The lowest BCUT2D eigenvalue weighted by Crippen LogP contribution is -2.34. The highest BCUT2D eigenvalue weighted by Crippen LogP contribution is 2.32. The maximum absolute atomic E-state index is 14.1. The van der Waals surface area contributed by atoms with E-state index in [1.807, 2.05) is 6.92 Å². The molecule has 0 saturated carbocycles. The molecule has 5 heteroatoms. The molecule has 0 aromatic heterocycles. The van der Waals surface area contributed by atoms with Crippen LogP contribution < -0.4 is 5.32 Å². The van der Waals surface area contributed by atoms with Crippen molar-refractivity contribution < 1.29 is 13.5 Å². The van der Waals surface area contributed by atoms with Gasteiger partial charge in [-0.25, -0.2) is 8.78 Å². The summed E-state index contributed by atoms with van der Waals surface area (Å²) in [5.74, 6) is -0.885. The van der Waals surface area contributed by atoms with Crippen LogP contribution in [0.2, 0.25) is 5.02 Å². The number of hydrogen-bond donors (Lipinski definition) is 1. The summed E-state index contributed by atoms with van der Waals surface area (Å²) in [7, 11) is 0. The quantitative estimate of drug-likeness (QED) is 0.827. The second-order valence-corrected chi connectivity index (χ2v) is 5.60. The number of ether oxygens (including phenoxy) is 1. The number of nitrogens with one attached hydrogen (secondary N) is 1. The predicted molar refractivity (Wildman–Crippen MR) is 75.9 cm³/mol. The van der Waals surface area contributed by atoms with Gasteiger partial charge in [-0.3, -0.25) is 0 Å². The highest BCUT2D eigenvalue weighted by Gasteiger charge is 2.28. The number of hydrogen-bond acceptors (Lipinski definition) is 2. The Morgan fingerprint density at radius 3 is 2.85 bits per heavy atom. The molecule has 2 unspecified atom stereocenters. The Bertz CT molecular complexity index is 450. The summed E-state index contributed by atoms with van der Waals surface area (Å²) >= 11 is 5.62. The van der Waals surface area contributed by atoms with Gasteiger partial charge in [0.05, 0.1) is 11.6 Å². The molecule has 112 valence electrons. The lowest BCUT2D eigenvalue weighted by atomic mass is 9.88.